The first-order chi connectivity index (χ1) is 11.7. The number of hydrogen-bond donors (Lipinski definition) is 2. The smallest absolute Gasteiger partial charge is 0.191 e. The third-order valence-electron chi connectivity index (χ3n) is 3.75. The lowest BCUT2D eigenvalue weighted by atomic mass is 10.1. The van der Waals surface area contributed by atoms with Gasteiger partial charge >= 0.3 is 0 Å². The lowest BCUT2D eigenvalue weighted by molar-refractivity contribution is 0.796. The molecule has 5 heteroatoms. The number of aryl methyl sites for hydroxylation is 1. The van der Waals surface area contributed by atoms with Crippen molar-refractivity contribution in [1.82, 2.24) is 15.6 Å². The van der Waals surface area contributed by atoms with Crippen LogP contribution in [0.5, 0.6) is 0 Å². The summed E-state index contributed by atoms with van der Waals surface area (Å²) in [5, 5.41) is 7.43. The average molecular weight is 345 g/mol. The van der Waals surface area contributed by atoms with Crippen LogP contribution in [-0.4, -0.2) is 30.6 Å². The summed E-state index contributed by atoms with van der Waals surface area (Å²) in [5.41, 5.74) is 3.77. The van der Waals surface area contributed by atoms with Gasteiger partial charge in [0.05, 0.1) is 0 Å². The van der Waals surface area contributed by atoms with Gasteiger partial charge in [-0.1, -0.05) is 23.7 Å². The molecule has 2 rings (SSSR count). The number of guanidine groups is 1. The molecule has 1 aromatic heterocycles. The average Bonchev–Trinajstić information content (AvgIpc) is 2.58. The van der Waals surface area contributed by atoms with E-state index in [4.69, 9.17) is 11.6 Å². The molecule has 0 aliphatic rings. The van der Waals surface area contributed by atoms with Gasteiger partial charge in [0.2, 0.25) is 0 Å². The largest absolute Gasteiger partial charge is 0.357 e. The van der Waals surface area contributed by atoms with Gasteiger partial charge in [-0.15, -0.1) is 0 Å². The van der Waals surface area contributed by atoms with Crippen LogP contribution in [-0.2, 0) is 12.8 Å². The van der Waals surface area contributed by atoms with Crippen LogP contribution >= 0.6 is 11.6 Å². The van der Waals surface area contributed by atoms with Crippen LogP contribution in [0.25, 0.3) is 0 Å². The molecule has 24 heavy (non-hydrogen) atoms. The van der Waals surface area contributed by atoms with Crippen molar-refractivity contribution in [2.45, 2.75) is 26.7 Å². The summed E-state index contributed by atoms with van der Waals surface area (Å²) in [6.45, 7) is 6.59. The highest BCUT2D eigenvalue weighted by atomic mass is 35.5. The Kier molecular flexibility index (Phi) is 7.56. The highest BCUT2D eigenvalue weighted by molar-refractivity contribution is 6.30. The standard InChI is InChI=1S/C19H25ClN4/c1-3-22-19(23-12-8-16-4-6-18(20)7-5-16)24-13-10-17-9-11-21-14-15(17)2/h4-7,9,11,14H,3,8,10,12-13H2,1-2H3,(H2,22,23,24). The maximum Gasteiger partial charge on any atom is 0.191 e. The van der Waals surface area contributed by atoms with Crippen LogP contribution in [0, 0.1) is 6.92 Å². The summed E-state index contributed by atoms with van der Waals surface area (Å²) in [6.07, 6.45) is 5.59. The molecule has 0 fully saturated rings. The number of nitrogens with zero attached hydrogens (tertiary/aromatic N) is 2. The predicted molar refractivity (Wildman–Crippen MR) is 102 cm³/mol. The van der Waals surface area contributed by atoms with Crippen molar-refractivity contribution in [2.24, 2.45) is 4.99 Å². The first-order valence-electron chi connectivity index (χ1n) is 8.35. The van der Waals surface area contributed by atoms with Crippen molar-refractivity contribution in [1.29, 1.82) is 0 Å². The maximum atomic E-state index is 5.91. The minimum atomic E-state index is 0.751. The van der Waals surface area contributed by atoms with Gasteiger partial charge in [-0.3, -0.25) is 9.98 Å². The summed E-state index contributed by atoms with van der Waals surface area (Å²) >= 11 is 5.91. The number of halogens is 1. The van der Waals surface area contributed by atoms with E-state index < -0.39 is 0 Å². The van der Waals surface area contributed by atoms with E-state index in [9.17, 15) is 0 Å². The molecule has 0 saturated heterocycles. The zero-order valence-corrected chi connectivity index (χ0v) is 15.1. The Bertz CT molecular complexity index is 653. The molecule has 0 atom stereocenters. The molecular formula is C19H25ClN4. The van der Waals surface area contributed by atoms with Crippen molar-refractivity contribution in [3.05, 3.63) is 64.4 Å². The van der Waals surface area contributed by atoms with E-state index in [1.54, 1.807) is 0 Å². The van der Waals surface area contributed by atoms with Crippen molar-refractivity contribution in [3.63, 3.8) is 0 Å². The summed E-state index contributed by atoms with van der Waals surface area (Å²) in [6, 6.07) is 10.0. The fraction of sp³-hybridized carbons (Fsp3) is 0.368. The highest BCUT2D eigenvalue weighted by Gasteiger charge is 2.00. The molecule has 0 saturated carbocycles. The van der Waals surface area contributed by atoms with Gasteiger partial charge < -0.3 is 10.6 Å². The van der Waals surface area contributed by atoms with Gasteiger partial charge in [0, 0.05) is 37.1 Å². The molecule has 0 unspecified atom stereocenters. The van der Waals surface area contributed by atoms with Gasteiger partial charge in [-0.2, -0.15) is 0 Å². The van der Waals surface area contributed by atoms with E-state index in [-0.39, 0.29) is 0 Å². The van der Waals surface area contributed by atoms with E-state index in [0.29, 0.717) is 0 Å². The minimum absolute atomic E-state index is 0.751. The van der Waals surface area contributed by atoms with E-state index in [0.717, 1.165) is 43.5 Å². The van der Waals surface area contributed by atoms with Crippen LogP contribution in [0.1, 0.15) is 23.6 Å². The van der Waals surface area contributed by atoms with Crippen molar-refractivity contribution in [2.75, 3.05) is 19.6 Å². The third-order valence-corrected chi connectivity index (χ3v) is 4.00. The molecule has 0 radical (unpaired) electrons. The van der Waals surface area contributed by atoms with Gasteiger partial charge in [-0.05, 0) is 61.6 Å². The lowest BCUT2D eigenvalue weighted by Crippen LogP contribution is -2.38. The number of aliphatic imine (C=N–C) groups is 1. The molecule has 0 bridgehead atoms. The lowest BCUT2D eigenvalue weighted by Gasteiger charge is -2.11. The summed E-state index contributed by atoms with van der Waals surface area (Å²) in [5.74, 6) is 0.859. The molecule has 2 N–H and O–H groups in total. The number of pyridine rings is 1. The zero-order valence-electron chi connectivity index (χ0n) is 14.3. The Balaban J connectivity index is 1.82. The van der Waals surface area contributed by atoms with Gasteiger partial charge in [-0.25, -0.2) is 0 Å². The molecular weight excluding hydrogens is 320 g/mol. The molecule has 2 aromatic rings. The second-order valence-corrected chi connectivity index (χ2v) is 6.05. The number of benzene rings is 1. The van der Waals surface area contributed by atoms with Crippen LogP contribution in [0.2, 0.25) is 5.02 Å². The Morgan fingerprint density at radius 1 is 1.12 bits per heavy atom. The Hall–Kier alpha value is -2.07. The van der Waals surface area contributed by atoms with Crippen LogP contribution in [0.15, 0.2) is 47.7 Å². The fourth-order valence-corrected chi connectivity index (χ4v) is 2.51. The Labute approximate surface area is 149 Å². The minimum Gasteiger partial charge on any atom is -0.357 e. The predicted octanol–water partition coefficient (Wildman–Crippen LogP) is 3.38. The second kappa shape index (κ2) is 9.93. The van der Waals surface area contributed by atoms with Crippen molar-refractivity contribution in [3.8, 4) is 0 Å². The van der Waals surface area contributed by atoms with Crippen molar-refractivity contribution >= 4 is 17.6 Å². The van der Waals surface area contributed by atoms with Gasteiger partial charge in [0.15, 0.2) is 5.96 Å². The number of nitrogens with one attached hydrogen (secondary N) is 2. The maximum absolute atomic E-state index is 5.91. The topological polar surface area (TPSA) is 49.3 Å². The quantitative estimate of drug-likeness (QED) is 0.598. The highest BCUT2D eigenvalue weighted by Crippen LogP contribution is 2.09. The molecule has 0 aliphatic carbocycles. The van der Waals surface area contributed by atoms with Gasteiger partial charge in [0.1, 0.15) is 0 Å². The molecule has 0 amide bonds. The van der Waals surface area contributed by atoms with E-state index in [1.165, 1.54) is 16.7 Å². The van der Waals surface area contributed by atoms with E-state index in [1.807, 2.05) is 24.5 Å². The van der Waals surface area contributed by atoms with E-state index >= 15 is 0 Å². The SMILES string of the molecule is CCNC(=NCCc1ccncc1C)NCCc1ccc(Cl)cc1. The third kappa shape index (κ3) is 6.20. The summed E-state index contributed by atoms with van der Waals surface area (Å²) in [4.78, 5) is 8.77. The van der Waals surface area contributed by atoms with Crippen molar-refractivity contribution < 1.29 is 0 Å². The molecule has 4 nitrogen and oxygen atoms in total. The zero-order chi connectivity index (χ0) is 17.2. The van der Waals surface area contributed by atoms with E-state index in [2.05, 4.69) is 52.7 Å². The number of aromatic nitrogens is 1. The van der Waals surface area contributed by atoms with Crippen LogP contribution in [0.4, 0.5) is 0 Å². The Morgan fingerprint density at radius 2 is 1.92 bits per heavy atom. The molecule has 1 heterocycles. The summed E-state index contributed by atoms with van der Waals surface area (Å²) in [7, 11) is 0. The molecule has 128 valence electrons. The molecule has 0 aliphatic heterocycles. The van der Waals surface area contributed by atoms with Gasteiger partial charge in [0.25, 0.3) is 0 Å². The second-order valence-electron chi connectivity index (χ2n) is 5.62. The monoisotopic (exact) mass is 344 g/mol. The number of rotatable bonds is 7. The first-order valence-corrected chi connectivity index (χ1v) is 8.73. The fourth-order valence-electron chi connectivity index (χ4n) is 2.39. The normalized spacial score (nSPS) is 11.4. The number of hydrogen-bond acceptors (Lipinski definition) is 2. The summed E-state index contributed by atoms with van der Waals surface area (Å²) < 4.78 is 0. The molecule has 0 spiro atoms. The van der Waals surface area contributed by atoms with Crippen LogP contribution in [0.3, 0.4) is 0 Å². The molecule has 1 aromatic carbocycles. The Morgan fingerprint density at radius 3 is 2.62 bits per heavy atom. The first kappa shape index (κ1) is 18.3. The van der Waals surface area contributed by atoms with Crippen LogP contribution < -0.4 is 10.6 Å².